The molecule has 9 heteroatoms. The normalized spacial score (nSPS) is 16.8. The van der Waals surface area contributed by atoms with Gasteiger partial charge in [0.15, 0.2) is 23.1 Å². The number of likely N-dealkylation sites (tertiary alicyclic amines) is 1. The highest BCUT2D eigenvalue weighted by molar-refractivity contribution is 6.04. The summed E-state index contributed by atoms with van der Waals surface area (Å²) in [4.78, 5) is 28.0. The molecule has 8 nitrogen and oxygen atoms in total. The maximum Gasteiger partial charge on any atom is 0.259 e. The number of hydrogen-bond donors (Lipinski definition) is 1. The summed E-state index contributed by atoms with van der Waals surface area (Å²) in [5, 5.41) is 6.95. The van der Waals surface area contributed by atoms with E-state index in [1.807, 2.05) is 0 Å². The zero-order chi connectivity index (χ0) is 20.4. The van der Waals surface area contributed by atoms with Crippen LogP contribution in [-0.4, -0.2) is 62.7 Å². The zero-order valence-electron chi connectivity index (χ0n) is 16.3. The maximum atomic E-state index is 13.8. The molecule has 0 saturated carbocycles. The van der Waals surface area contributed by atoms with Crippen molar-refractivity contribution in [3.8, 4) is 17.1 Å². The molecular weight excluding hydrogens is 367 g/mol. The molecule has 150 valence electrons. The fourth-order valence-electron chi connectivity index (χ4n) is 3.18. The molecule has 0 spiro atoms. The summed E-state index contributed by atoms with van der Waals surface area (Å²) >= 11 is 0. The Morgan fingerprint density at radius 3 is 2.82 bits per heavy atom. The first-order valence-electron chi connectivity index (χ1n) is 8.87. The number of halogens is 1. The van der Waals surface area contributed by atoms with Crippen molar-refractivity contribution in [3.63, 3.8) is 0 Å². The van der Waals surface area contributed by atoms with Gasteiger partial charge in [-0.25, -0.2) is 4.39 Å². The van der Waals surface area contributed by atoms with Crippen LogP contribution in [0.4, 0.5) is 10.2 Å². The van der Waals surface area contributed by atoms with Crippen LogP contribution in [0.5, 0.6) is 5.75 Å². The number of amides is 2. The van der Waals surface area contributed by atoms with Crippen LogP contribution in [-0.2, 0) is 4.79 Å². The second-order valence-corrected chi connectivity index (χ2v) is 6.94. The van der Waals surface area contributed by atoms with Gasteiger partial charge < -0.3 is 24.4 Å². The third-order valence-electron chi connectivity index (χ3n) is 4.70. The molecule has 0 bridgehead atoms. The highest BCUT2D eigenvalue weighted by Crippen LogP contribution is 2.33. The molecule has 28 heavy (non-hydrogen) atoms. The Hall–Kier alpha value is -3.10. The van der Waals surface area contributed by atoms with Crippen LogP contribution in [0.25, 0.3) is 11.3 Å². The third-order valence-corrected chi connectivity index (χ3v) is 4.70. The van der Waals surface area contributed by atoms with Crippen LogP contribution in [0.3, 0.4) is 0 Å². The first kappa shape index (κ1) is 19.7. The number of carbonyl (C=O) groups excluding carboxylic acids is 2. The highest BCUT2D eigenvalue weighted by atomic mass is 19.1. The molecule has 1 N–H and O–H groups in total. The Labute approximate surface area is 162 Å². The van der Waals surface area contributed by atoms with E-state index in [0.717, 1.165) is 0 Å². The predicted octanol–water partition coefficient (Wildman–Crippen LogP) is 1.91. The quantitative estimate of drug-likeness (QED) is 0.839. The summed E-state index contributed by atoms with van der Waals surface area (Å²) in [6.45, 7) is 0.437. The van der Waals surface area contributed by atoms with Gasteiger partial charge in [-0.2, -0.15) is 0 Å². The molecule has 1 saturated heterocycles. The van der Waals surface area contributed by atoms with Gasteiger partial charge in [-0.15, -0.1) is 0 Å². The second-order valence-electron chi connectivity index (χ2n) is 6.94. The first-order chi connectivity index (χ1) is 13.3. The van der Waals surface area contributed by atoms with Gasteiger partial charge in [-0.05, 0) is 24.6 Å². The van der Waals surface area contributed by atoms with Crippen LogP contribution in [0.2, 0.25) is 0 Å². The van der Waals surface area contributed by atoms with Gasteiger partial charge in [0.25, 0.3) is 5.91 Å². The lowest BCUT2D eigenvalue weighted by Gasteiger charge is -2.30. The molecular formula is C19H23FN4O4. The number of carbonyl (C=O) groups is 2. The predicted molar refractivity (Wildman–Crippen MR) is 101 cm³/mol. The summed E-state index contributed by atoms with van der Waals surface area (Å²) < 4.78 is 24.2. The molecule has 2 amide bonds. The van der Waals surface area contributed by atoms with E-state index in [0.29, 0.717) is 30.8 Å². The second kappa shape index (κ2) is 7.87. The minimum atomic E-state index is -0.514. The maximum absolute atomic E-state index is 13.8. The number of rotatable bonds is 5. The minimum absolute atomic E-state index is 0.0408. The van der Waals surface area contributed by atoms with Crippen molar-refractivity contribution in [1.29, 1.82) is 0 Å². The van der Waals surface area contributed by atoms with Crippen molar-refractivity contribution < 1.29 is 23.2 Å². The van der Waals surface area contributed by atoms with Crippen molar-refractivity contribution in [1.82, 2.24) is 15.4 Å². The highest BCUT2D eigenvalue weighted by Gasteiger charge is 2.30. The van der Waals surface area contributed by atoms with E-state index < -0.39 is 5.82 Å². The van der Waals surface area contributed by atoms with E-state index in [4.69, 9.17) is 9.26 Å². The fraction of sp³-hybridized carbons (Fsp3) is 0.421. The lowest BCUT2D eigenvalue weighted by atomic mass is 10.0. The minimum Gasteiger partial charge on any atom is -0.494 e. The number of likely N-dealkylation sites (N-methyl/N-ethyl adjacent to an activating group) is 1. The molecule has 1 fully saturated rings. The Bertz CT molecular complexity index is 896. The van der Waals surface area contributed by atoms with Gasteiger partial charge in [-0.3, -0.25) is 9.59 Å². The number of ether oxygens (including phenoxy) is 1. The van der Waals surface area contributed by atoms with Gasteiger partial charge in [-0.1, -0.05) is 5.16 Å². The van der Waals surface area contributed by atoms with Crippen molar-refractivity contribution in [2.45, 2.75) is 18.9 Å². The van der Waals surface area contributed by atoms with E-state index >= 15 is 0 Å². The number of nitrogens with one attached hydrogen (secondary N) is 1. The largest absolute Gasteiger partial charge is 0.494 e. The summed E-state index contributed by atoms with van der Waals surface area (Å²) in [6.07, 6.45) is 0.949. The third kappa shape index (κ3) is 3.78. The molecule has 1 aromatic carbocycles. The molecule has 0 radical (unpaired) electrons. The molecule has 1 aliphatic heterocycles. The van der Waals surface area contributed by atoms with Crippen molar-refractivity contribution in [3.05, 3.63) is 29.6 Å². The number of aromatic nitrogens is 1. The number of nitrogens with zero attached hydrogens (tertiary/aromatic N) is 3. The Kier molecular flexibility index (Phi) is 5.53. The molecule has 1 unspecified atom stereocenters. The standard InChI is InChI=1S/C19H23FN4O4/c1-23(2)18-16(19(26)21-12-6-8-15(25)24(3)10-12)17(28-22-18)11-5-7-13(20)14(9-11)27-4/h5,7,9,12H,6,8,10H2,1-4H3,(H,21,26). The molecule has 1 aliphatic rings. The van der Waals surface area contributed by atoms with E-state index in [2.05, 4.69) is 10.5 Å². The zero-order valence-corrected chi connectivity index (χ0v) is 16.3. The summed E-state index contributed by atoms with van der Waals surface area (Å²) in [5.41, 5.74) is 0.721. The molecule has 3 rings (SSSR count). The SMILES string of the molecule is COc1cc(-c2onc(N(C)C)c2C(=O)NC2CCC(=O)N(C)C2)ccc1F. The topological polar surface area (TPSA) is 87.9 Å². The van der Waals surface area contributed by atoms with Crippen LogP contribution < -0.4 is 15.0 Å². The van der Waals surface area contributed by atoms with E-state index in [9.17, 15) is 14.0 Å². The van der Waals surface area contributed by atoms with Gasteiger partial charge >= 0.3 is 0 Å². The van der Waals surface area contributed by atoms with E-state index in [-0.39, 0.29) is 34.9 Å². The number of piperidine rings is 1. The number of anilines is 1. The van der Waals surface area contributed by atoms with Gasteiger partial charge in [0, 0.05) is 45.7 Å². The van der Waals surface area contributed by atoms with Crippen LogP contribution in [0.15, 0.2) is 22.7 Å². The first-order valence-corrected chi connectivity index (χ1v) is 8.87. The average Bonchev–Trinajstić information content (AvgIpc) is 3.10. The molecule has 0 aliphatic carbocycles. The van der Waals surface area contributed by atoms with Crippen molar-refractivity contribution in [2.24, 2.45) is 0 Å². The lowest BCUT2D eigenvalue weighted by molar-refractivity contribution is -0.132. The molecule has 2 aromatic rings. The molecule has 1 atom stereocenters. The van der Waals surface area contributed by atoms with E-state index in [1.165, 1.54) is 25.3 Å². The molecule has 2 heterocycles. The molecule has 1 aromatic heterocycles. The smallest absolute Gasteiger partial charge is 0.259 e. The van der Waals surface area contributed by atoms with Crippen LogP contribution in [0, 0.1) is 5.82 Å². The van der Waals surface area contributed by atoms with Crippen LogP contribution >= 0.6 is 0 Å². The van der Waals surface area contributed by atoms with Crippen molar-refractivity contribution in [2.75, 3.05) is 39.7 Å². The van der Waals surface area contributed by atoms with Crippen LogP contribution in [0.1, 0.15) is 23.2 Å². The summed E-state index contributed by atoms with van der Waals surface area (Å²) in [7, 11) is 6.57. The van der Waals surface area contributed by atoms with E-state index in [1.54, 1.807) is 30.9 Å². The summed E-state index contributed by atoms with van der Waals surface area (Å²) in [6, 6.07) is 4.03. The summed E-state index contributed by atoms with van der Waals surface area (Å²) in [5.74, 6) is -0.200. The number of hydrogen-bond acceptors (Lipinski definition) is 6. The number of benzene rings is 1. The van der Waals surface area contributed by atoms with Gasteiger partial charge in [0.1, 0.15) is 5.56 Å². The Morgan fingerprint density at radius 1 is 1.43 bits per heavy atom. The van der Waals surface area contributed by atoms with Crippen molar-refractivity contribution >= 4 is 17.6 Å². The Morgan fingerprint density at radius 2 is 2.18 bits per heavy atom. The Balaban J connectivity index is 1.94. The number of methoxy groups -OCH3 is 1. The lowest BCUT2D eigenvalue weighted by Crippen LogP contribution is -2.48. The fourth-order valence-corrected chi connectivity index (χ4v) is 3.18. The average molecular weight is 390 g/mol. The van der Waals surface area contributed by atoms with Gasteiger partial charge in [0.2, 0.25) is 5.91 Å². The van der Waals surface area contributed by atoms with Gasteiger partial charge in [0.05, 0.1) is 7.11 Å². The monoisotopic (exact) mass is 390 g/mol.